The van der Waals surface area contributed by atoms with Gasteiger partial charge in [-0.05, 0) is 49.6 Å². The molecule has 154 valence electrons. The second-order valence-electron chi connectivity index (χ2n) is 7.00. The summed E-state index contributed by atoms with van der Waals surface area (Å²) in [6.45, 7) is 1.36. The molecule has 1 aromatic carbocycles. The van der Waals surface area contributed by atoms with E-state index < -0.39 is 0 Å². The SMILES string of the molecule is NCCC(=O)NCC1CCCCN1C(=O)c1cccc(NC(=O)c2ccco2)c1. The smallest absolute Gasteiger partial charge is 0.291 e. The lowest BCUT2D eigenvalue weighted by Crippen LogP contribution is -2.49. The molecule has 2 heterocycles. The number of furan rings is 1. The van der Waals surface area contributed by atoms with Gasteiger partial charge in [-0.25, -0.2) is 0 Å². The molecule has 2 aromatic rings. The average Bonchev–Trinajstić information content (AvgIpc) is 3.27. The van der Waals surface area contributed by atoms with Crippen LogP contribution in [0.3, 0.4) is 0 Å². The lowest BCUT2D eigenvalue weighted by Gasteiger charge is -2.36. The molecule has 8 heteroatoms. The lowest BCUT2D eigenvalue weighted by molar-refractivity contribution is -0.121. The molecular weight excluding hydrogens is 372 g/mol. The summed E-state index contributed by atoms with van der Waals surface area (Å²) in [4.78, 5) is 38.8. The van der Waals surface area contributed by atoms with E-state index in [4.69, 9.17) is 10.2 Å². The molecule has 1 saturated heterocycles. The Morgan fingerprint density at radius 3 is 2.79 bits per heavy atom. The Labute approximate surface area is 169 Å². The van der Waals surface area contributed by atoms with Gasteiger partial charge in [-0.3, -0.25) is 14.4 Å². The minimum absolute atomic E-state index is 0.0562. The number of carbonyl (C=O) groups excluding carboxylic acids is 3. The minimum Gasteiger partial charge on any atom is -0.459 e. The number of nitrogens with one attached hydrogen (secondary N) is 2. The highest BCUT2D eigenvalue weighted by atomic mass is 16.3. The second-order valence-corrected chi connectivity index (χ2v) is 7.00. The molecule has 0 spiro atoms. The highest BCUT2D eigenvalue weighted by Gasteiger charge is 2.28. The van der Waals surface area contributed by atoms with Crippen molar-refractivity contribution in [3.05, 3.63) is 54.0 Å². The van der Waals surface area contributed by atoms with Gasteiger partial charge in [0.05, 0.1) is 6.26 Å². The summed E-state index contributed by atoms with van der Waals surface area (Å²) >= 11 is 0. The fourth-order valence-electron chi connectivity index (χ4n) is 3.43. The van der Waals surface area contributed by atoms with Crippen molar-refractivity contribution in [3.63, 3.8) is 0 Å². The van der Waals surface area contributed by atoms with E-state index in [0.717, 1.165) is 19.3 Å². The number of hydrogen-bond donors (Lipinski definition) is 3. The Morgan fingerprint density at radius 2 is 2.03 bits per heavy atom. The molecule has 1 atom stereocenters. The van der Waals surface area contributed by atoms with Gasteiger partial charge >= 0.3 is 0 Å². The molecule has 1 aliphatic rings. The zero-order valence-electron chi connectivity index (χ0n) is 16.2. The maximum absolute atomic E-state index is 13.1. The van der Waals surface area contributed by atoms with E-state index in [2.05, 4.69) is 10.6 Å². The number of piperidine rings is 1. The molecule has 1 aliphatic heterocycles. The van der Waals surface area contributed by atoms with Gasteiger partial charge in [0.25, 0.3) is 11.8 Å². The van der Waals surface area contributed by atoms with Crippen molar-refractivity contribution in [1.82, 2.24) is 10.2 Å². The van der Waals surface area contributed by atoms with Crippen molar-refractivity contribution in [2.45, 2.75) is 31.7 Å². The molecule has 3 amide bonds. The molecule has 0 aliphatic carbocycles. The van der Waals surface area contributed by atoms with E-state index in [1.807, 2.05) is 0 Å². The zero-order valence-corrected chi connectivity index (χ0v) is 16.2. The first-order valence-electron chi connectivity index (χ1n) is 9.81. The van der Waals surface area contributed by atoms with Crippen molar-refractivity contribution >= 4 is 23.4 Å². The van der Waals surface area contributed by atoms with E-state index in [-0.39, 0.29) is 35.9 Å². The Morgan fingerprint density at radius 1 is 1.17 bits per heavy atom. The van der Waals surface area contributed by atoms with E-state index in [1.54, 1.807) is 41.3 Å². The van der Waals surface area contributed by atoms with E-state index in [1.165, 1.54) is 6.26 Å². The number of carbonyl (C=O) groups is 3. The number of likely N-dealkylation sites (tertiary alicyclic amines) is 1. The number of anilines is 1. The third-order valence-corrected chi connectivity index (χ3v) is 4.91. The number of amides is 3. The predicted octanol–water partition coefficient (Wildman–Crippen LogP) is 1.99. The van der Waals surface area contributed by atoms with Crippen molar-refractivity contribution in [1.29, 1.82) is 0 Å². The van der Waals surface area contributed by atoms with Crippen LogP contribution in [-0.2, 0) is 4.79 Å². The van der Waals surface area contributed by atoms with Gasteiger partial charge in [0.15, 0.2) is 5.76 Å². The molecular formula is C21H26N4O4. The third-order valence-electron chi connectivity index (χ3n) is 4.91. The van der Waals surface area contributed by atoms with E-state index in [9.17, 15) is 14.4 Å². The maximum atomic E-state index is 13.1. The predicted molar refractivity (Wildman–Crippen MR) is 108 cm³/mol. The van der Waals surface area contributed by atoms with Crippen LogP contribution >= 0.6 is 0 Å². The lowest BCUT2D eigenvalue weighted by atomic mass is 10.0. The molecule has 29 heavy (non-hydrogen) atoms. The second kappa shape index (κ2) is 9.88. The quantitative estimate of drug-likeness (QED) is 0.659. The number of hydrogen-bond acceptors (Lipinski definition) is 5. The zero-order chi connectivity index (χ0) is 20.6. The molecule has 0 radical (unpaired) electrons. The third kappa shape index (κ3) is 5.45. The number of benzene rings is 1. The molecule has 1 fully saturated rings. The molecule has 8 nitrogen and oxygen atoms in total. The van der Waals surface area contributed by atoms with Gasteiger partial charge in [0, 0.05) is 43.3 Å². The maximum Gasteiger partial charge on any atom is 0.291 e. The van der Waals surface area contributed by atoms with Crippen molar-refractivity contribution in [2.24, 2.45) is 5.73 Å². The monoisotopic (exact) mass is 398 g/mol. The highest BCUT2D eigenvalue weighted by molar-refractivity contribution is 6.03. The van der Waals surface area contributed by atoms with Crippen LogP contribution in [0.4, 0.5) is 5.69 Å². The van der Waals surface area contributed by atoms with Gasteiger partial charge in [-0.1, -0.05) is 6.07 Å². The number of rotatable bonds is 7. The highest BCUT2D eigenvalue weighted by Crippen LogP contribution is 2.21. The number of nitrogens with zero attached hydrogens (tertiary/aromatic N) is 1. The fraction of sp³-hybridized carbons (Fsp3) is 0.381. The van der Waals surface area contributed by atoms with Gasteiger partial charge < -0.3 is 25.7 Å². The van der Waals surface area contributed by atoms with Crippen LogP contribution in [0.15, 0.2) is 47.1 Å². The van der Waals surface area contributed by atoms with Crippen LogP contribution in [-0.4, -0.2) is 48.3 Å². The molecule has 1 aromatic heterocycles. The van der Waals surface area contributed by atoms with Gasteiger partial charge in [0.2, 0.25) is 5.91 Å². The Bertz CT molecular complexity index is 850. The first-order valence-corrected chi connectivity index (χ1v) is 9.81. The average molecular weight is 398 g/mol. The van der Waals surface area contributed by atoms with Crippen LogP contribution in [0.2, 0.25) is 0 Å². The largest absolute Gasteiger partial charge is 0.459 e. The summed E-state index contributed by atoms with van der Waals surface area (Å²) in [5.41, 5.74) is 6.41. The molecule has 4 N–H and O–H groups in total. The van der Waals surface area contributed by atoms with Crippen molar-refractivity contribution in [3.8, 4) is 0 Å². The summed E-state index contributed by atoms with van der Waals surface area (Å²) in [6.07, 6.45) is 4.48. The topological polar surface area (TPSA) is 118 Å². The first-order chi connectivity index (χ1) is 14.1. The molecule has 3 rings (SSSR count). The Kier molecular flexibility index (Phi) is 7.02. The van der Waals surface area contributed by atoms with Crippen LogP contribution in [0.5, 0.6) is 0 Å². The fourth-order valence-corrected chi connectivity index (χ4v) is 3.43. The van der Waals surface area contributed by atoms with Crippen LogP contribution < -0.4 is 16.4 Å². The van der Waals surface area contributed by atoms with Gasteiger partial charge in [-0.2, -0.15) is 0 Å². The standard InChI is InChI=1S/C21H26N4O4/c22-10-9-19(26)23-14-17-7-1-2-11-25(17)21(28)15-5-3-6-16(13-15)24-20(27)18-8-4-12-29-18/h3-6,8,12-13,17H,1-2,7,9-11,14,22H2,(H,23,26)(H,24,27). The Hall–Kier alpha value is -3.13. The number of nitrogens with two attached hydrogens (primary N) is 1. The summed E-state index contributed by atoms with van der Waals surface area (Å²) < 4.78 is 5.09. The van der Waals surface area contributed by atoms with Crippen LogP contribution in [0, 0.1) is 0 Å². The van der Waals surface area contributed by atoms with Gasteiger partial charge in [-0.15, -0.1) is 0 Å². The van der Waals surface area contributed by atoms with Crippen LogP contribution in [0.25, 0.3) is 0 Å². The van der Waals surface area contributed by atoms with Crippen molar-refractivity contribution < 1.29 is 18.8 Å². The van der Waals surface area contributed by atoms with Crippen LogP contribution in [0.1, 0.15) is 46.6 Å². The molecule has 1 unspecified atom stereocenters. The first kappa shape index (κ1) is 20.6. The van der Waals surface area contributed by atoms with Gasteiger partial charge in [0.1, 0.15) is 0 Å². The summed E-state index contributed by atoms with van der Waals surface area (Å²) in [5.74, 6) is -0.394. The normalized spacial score (nSPS) is 16.3. The summed E-state index contributed by atoms with van der Waals surface area (Å²) in [7, 11) is 0. The Balaban J connectivity index is 1.67. The summed E-state index contributed by atoms with van der Waals surface area (Å²) in [6, 6.07) is 9.98. The molecule has 0 saturated carbocycles. The minimum atomic E-state index is -0.377. The van der Waals surface area contributed by atoms with E-state index in [0.29, 0.717) is 30.9 Å². The van der Waals surface area contributed by atoms with Crippen molar-refractivity contribution in [2.75, 3.05) is 25.0 Å². The molecule has 0 bridgehead atoms. The summed E-state index contributed by atoms with van der Waals surface area (Å²) in [5, 5.41) is 5.60. The van der Waals surface area contributed by atoms with E-state index >= 15 is 0 Å².